The van der Waals surface area contributed by atoms with Gasteiger partial charge in [0.25, 0.3) is 0 Å². The Morgan fingerprint density at radius 2 is 1.71 bits per heavy atom. The highest BCUT2D eigenvalue weighted by Crippen LogP contribution is 2.40. The van der Waals surface area contributed by atoms with Crippen molar-refractivity contribution >= 4 is 0 Å². The molecule has 0 amide bonds. The van der Waals surface area contributed by atoms with E-state index in [4.69, 9.17) is 0 Å². The van der Waals surface area contributed by atoms with Crippen molar-refractivity contribution in [2.75, 3.05) is 6.54 Å². The van der Waals surface area contributed by atoms with Gasteiger partial charge in [-0.05, 0) is 24.8 Å². The van der Waals surface area contributed by atoms with Gasteiger partial charge < -0.3 is 5.32 Å². The number of halogens is 3. The summed E-state index contributed by atoms with van der Waals surface area (Å²) in [5, 5.41) is 3.00. The molecule has 1 heterocycles. The largest absolute Gasteiger partial charge is 0.393 e. The molecule has 14 heavy (non-hydrogen) atoms. The predicted octanol–water partition coefficient (Wildman–Crippen LogP) is 2.96. The molecule has 0 saturated carbocycles. The molecule has 1 N–H and O–H groups in total. The zero-order valence-electron chi connectivity index (χ0n) is 8.91. The van der Waals surface area contributed by atoms with Gasteiger partial charge in [-0.2, -0.15) is 13.2 Å². The Hall–Kier alpha value is -0.250. The van der Waals surface area contributed by atoms with E-state index in [9.17, 15) is 13.2 Å². The first-order valence-electron chi connectivity index (χ1n) is 5.03. The van der Waals surface area contributed by atoms with Crippen LogP contribution in [0.1, 0.15) is 33.6 Å². The topological polar surface area (TPSA) is 12.0 Å². The fourth-order valence-corrected chi connectivity index (χ4v) is 2.15. The van der Waals surface area contributed by atoms with Crippen LogP contribution in [0.3, 0.4) is 0 Å². The van der Waals surface area contributed by atoms with Crippen molar-refractivity contribution < 1.29 is 13.2 Å². The zero-order chi connectivity index (χ0) is 11.0. The lowest BCUT2D eigenvalue weighted by Gasteiger charge is -2.41. The van der Waals surface area contributed by atoms with E-state index in [1.807, 2.05) is 20.8 Å². The second kappa shape index (κ2) is 3.72. The Balaban J connectivity index is 2.80. The lowest BCUT2D eigenvalue weighted by Crippen LogP contribution is -2.54. The third kappa shape index (κ3) is 2.62. The first kappa shape index (κ1) is 11.8. The van der Waals surface area contributed by atoms with Gasteiger partial charge in [0, 0.05) is 6.04 Å². The lowest BCUT2D eigenvalue weighted by molar-refractivity contribution is -0.196. The first-order chi connectivity index (χ1) is 6.23. The molecule has 0 aromatic rings. The van der Waals surface area contributed by atoms with Crippen LogP contribution in [0.15, 0.2) is 0 Å². The summed E-state index contributed by atoms with van der Waals surface area (Å²) in [5.74, 6) is -1.18. The summed E-state index contributed by atoms with van der Waals surface area (Å²) >= 11 is 0. The maximum absolute atomic E-state index is 12.7. The van der Waals surface area contributed by atoms with E-state index < -0.39 is 18.1 Å². The van der Waals surface area contributed by atoms with Gasteiger partial charge in [-0.1, -0.05) is 20.8 Å². The van der Waals surface area contributed by atoms with Crippen LogP contribution < -0.4 is 5.32 Å². The number of hydrogen-bond acceptors (Lipinski definition) is 1. The zero-order valence-corrected chi connectivity index (χ0v) is 8.91. The molecule has 2 unspecified atom stereocenters. The highest BCUT2D eigenvalue weighted by Gasteiger charge is 2.48. The number of hydrogen-bond donors (Lipinski definition) is 1. The van der Waals surface area contributed by atoms with Crippen LogP contribution in [0.2, 0.25) is 0 Å². The van der Waals surface area contributed by atoms with E-state index in [0.29, 0.717) is 13.0 Å². The summed E-state index contributed by atoms with van der Waals surface area (Å²) in [7, 11) is 0. The minimum atomic E-state index is -4.06. The van der Waals surface area contributed by atoms with Crippen LogP contribution in [0.25, 0.3) is 0 Å². The minimum absolute atomic E-state index is 0.262. The molecule has 0 aromatic carbocycles. The molecule has 2 atom stereocenters. The summed E-state index contributed by atoms with van der Waals surface area (Å²) < 4.78 is 38.0. The molecule has 1 aliphatic heterocycles. The van der Waals surface area contributed by atoms with Crippen LogP contribution in [-0.2, 0) is 0 Å². The molecule has 0 bridgehead atoms. The Labute approximate surface area is 83.1 Å². The van der Waals surface area contributed by atoms with Gasteiger partial charge in [0.05, 0.1) is 5.92 Å². The van der Waals surface area contributed by atoms with E-state index >= 15 is 0 Å². The van der Waals surface area contributed by atoms with Crippen molar-refractivity contribution in [1.29, 1.82) is 0 Å². The van der Waals surface area contributed by atoms with Gasteiger partial charge in [-0.15, -0.1) is 0 Å². The Kier molecular flexibility index (Phi) is 3.14. The third-order valence-electron chi connectivity index (χ3n) is 2.81. The number of piperidine rings is 1. The third-order valence-corrected chi connectivity index (χ3v) is 2.81. The van der Waals surface area contributed by atoms with E-state index in [1.165, 1.54) is 0 Å². The molecular weight excluding hydrogens is 191 g/mol. The molecule has 4 heteroatoms. The minimum Gasteiger partial charge on any atom is -0.313 e. The fraction of sp³-hybridized carbons (Fsp3) is 1.00. The molecule has 1 rings (SSSR count). The molecule has 1 saturated heterocycles. The van der Waals surface area contributed by atoms with Crippen molar-refractivity contribution in [3.05, 3.63) is 0 Å². The average molecular weight is 209 g/mol. The Morgan fingerprint density at radius 3 is 2.07 bits per heavy atom. The van der Waals surface area contributed by atoms with Gasteiger partial charge in [-0.25, -0.2) is 0 Å². The van der Waals surface area contributed by atoms with Gasteiger partial charge in [0.15, 0.2) is 0 Å². The van der Waals surface area contributed by atoms with Crippen molar-refractivity contribution in [3.63, 3.8) is 0 Å². The monoisotopic (exact) mass is 209 g/mol. The maximum atomic E-state index is 12.7. The smallest absolute Gasteiger partial charge is 0.313 e. The average Bonchev–Trinajstić information content (AvgIpc) is 2.01. The predicted molar refractivity (Wildman–Crippen MR) is 50.0 cm³/mol. The summed E-state index contributed by atoms with van der Waals surface area (Å²) in [6, 6.07) is -0.448. The van der Waals surface area contributed by atoms with Crippen LogP contribution in [0.5, 0.6) is 0 Å². The van der Waals surface area contributed by atoms with Crippen LogP contribution in [0.4, 0.5) is 13.2 Å². The van der Waals surface area contributed by atoms with Crippen molar-refractivity contribution in [1.82, 2.24) is 5.32 Å². The van der Waals surface area contributed by atoms with Crippen LogP contribution in [0, 0.1) is 11.3 Å². The van der Waals surface area contributed by atoms with E-state index in [0.717, 1.165) is 0 Å². The van der Waals surface area contributed by atoms with Gasteiger partial charge in [-0.3, -0.25) is 0 Å². The van der Waals surface area contributed by atoms with Crippen molar-refractivity contribution in [3.8, 4) is 0 Å². The summed E-state index contributed by atoms with van der Waals surface area (Å²) in [6.45, 7) is 6.27. The Bertz CT molecular complexity index is 171. The second-order valence-corrected chi connectivity index (χ2v) is 5.09. The first-order valence-corrected chi connectivity index (χ1v) is 5.03. The van der Waals surface area contributed by atoms with Gasteiger partial charge >= 0.3 is 6.18 Å². The number of alkyl halides is 3. The van der Waals surface area contributed by atoms with E-state index in [-0.39, 0.29) is 11.8 Å². The molecule has 1 fully saturated rings. The SMILES string of the molecule is CC(C)(C)C1NCCCC1C(F)(F)F. The fourth-order valence-electron chi connectivity index (χ4n) is 2.15. The Morgan fingerprint density at radius 1 is 1.14 bits per heavy atom. The highest BCUT2D eigenvalue weighted by atomic mass is 19.4. The molecule has 0 radical (unpaired) electrons. The van der Waals surface area contributed by atoms with E-state index in [1.54, 1.807) is 0 Å². The second-order valence-electron chi connectivity index (χ2n) is 5.09. The number of nitrogens with one attached hydrogen (secondary N) is 1. The van der Waals surface area contributed by atoms with Crippen molar-refractivity contribution in [2.24, 2.45) is 11.3 Å². The standard InChI is InChI=1S/C10H18F3N/c1-9(2,3)8-7(10(11,12)13)5-4-6-14-8/h7-8,14H,4-6H2,1-3H3. The molecular formula is C10H18F3N. The van der Waals surface area contributed by atoms with Gasteiger partial charge in [0.2, 0.25) is 0 Å². The molecule has 1 nitrogen and oxygen atoms in total. The van der Waals surface area contributed by atoms with E-state index in [2.05, 4.69) is 5.32 Å². The summed E-state index contributed by atoms with van der Waals surface area (Å²) in [5.41, 5.74) is -0.333. The molecule has 84 valence electrons. The number of rotatable bonds is 0. The molecule has 0 aliphatic carbocycles. The molecule has 1 aliphatic rings. The van der Waals surface area contributed by atoms with Crippen LogP contribution in [-0.4, -0.2) is 18.8 Å². The normalized spacial score (nSPS) is 30.4. The maximum Gasteiger partial charge on any atom is 0.393 e. The summed E-state index contributed by atoms with van der Waals surface area (Å²) in [6.07, 6.45) is -3.18. The van der Waals surface area contributed by atoms with Crippen molar-refractivity contribution in [2.45, 2.75) is 45.8 Å². The van der Waals surface area contributed by atoms with Crippen LogP contribution >= 0.6 is 0 Å². The highest BCUT2D eigenvalue weighted by molar-refractivity contribution is 4.92. The van der Waals surface area contributed by atoms with Gasteiger partial charge in [0.1, 0.15) is 0 Å². The lowest BCUT2D eigenvalue weighted by atomic mass is 9.75. The quantitative estimate of drug-likeness (QED) is 0.646. The summed E-state index contributed by atoms with van der Waals surface area (Å²) in [4.78, 5) is 0. The molecule has 0 aromatic heterocycles. The molecule has 0 spiro atoms.